The zero-order valence-electron chi connectivity index (χ0n) is 14.0. The molecule has 0 fully saturated rings. The Morgan fingerprint density at radius 3 is 2.23 bits per heavy atom. The number of hydrogen-bond donors (Lipinski definition) is 1. The van der Waals surface area contributed by atoms with E-state index in [9.17, 15) is 27.6 Å². The van der Waals surface area contributed by atoms with Crippen LogP contribution in [0, 0.1) is 0 Å². The number of amides is 2. The van der Waals surface area contributed by atoms with Gasteiger partial charge in [0.2, 0.25) is 5.91 Å². The van der Waals surface area contributed by atoms with Crippen molar-refractivity contribution in [3.8, 4) is 0 Å². The molecule has 0 aliphatic carbocycles. The number of aromatic nitrogens is 1. The summed E-state index contributed by atoms with van der Waals surface area (Å²) in [5.74, 6) is -0.878. The molecule has 2 rings (SSSR count). The summed E-state index contributed by atoms with van der Waals surface area (Å²) in [5, 5.41) is 2.47. The zero-order chi connectivity index (χ0) is 19.5. The van der Waals surface area contributed by atoms with Crippen LogP contribution in [-0.2, 0) is 17.5 Å². The predicted molar refractivity (Wildman–Crippen MR) is 88.8 cm³/mol. The fraction of sp³-hybridized carbons (Fsp3) is 0.235. The number of hydrogen-bond acceptors (Lipinski definition) is 3. The Labute approximate surface area is 146 Å². The van der Waals surface area contributed by atoms with E-state index >= 15 is 0 Å². The summed E-state index contributed by atoms with van der Waals surface area (Å²) in [5.41, 5.74) is -0.969. The summed E-state index contributed by atoms with van der Waals surface area (Å²) in [4.78, 5) is 36.8. The number of benzene rings is 1. The molecule has 9 heteroatoms. The maximum absolute atomic E-state index is 12.7. The quantitative estimate of drug-likeness (QED) is 0.901. The minimum atomic E-state index is -4.61. The van der Waals surface area contributed by atoms with Gasteiger partial charge in [-0.15, -0.1) is 0 Å². The highest BCUT2D eigenvalue weighted by molar-refractivity contribution is 5.95. The summed E-state index contributed by atoms with van der Waals surface area (Å²) < 4.78 is 38.8. The summed E-state index contributed by atoms with van der Waals surface area (Å²) in [7, 11) is 3.20. The lowest BCUT2D eigenvalue weighted by molar-refractivity contribution is -0.138. The van der Waals surface area contributed by atoms with Crippen molar-refractivity contribution < 1.29 is 22.8 Å². The number of pyridine rings is 1. The van der Waals surface area contributed by atoms with Crippen LogP contribution in [-0.4, -0.2) is 35.4 Å². The van der Waals surface area contributed by atoms with Crippen LogP contribution in [0.15, 0.2) is 47.4 Å². The van der Waals surface area contributed by atoms with Crippen LogP contribution in [0.2, 0.25) is 0 Å². The number of anilines is 1. The van der Waals surface area contributed by atoms with Gasteiger partial charge >= 0.3 is 6.18 Å². The molecule has 138 valence electrons. The molecular formula is C17H16F3N3O3. The van der Waals surface area contributed by atoms with E-state index in [0.717, 1.165) is 6.07 Å². The molecule has 0 spiro atoms. The van der Waals surface area contributed by atoms with E-state index in [2.05, 4.69) is 5.32 Å². The molecule has 2 amide bonds. The Morgan fingerprint density at radius 2 is 1.69 bits per heavy atom. The van der Waals surface area contributed by atoms with Gasteiger partial charge in [0.15, 0.2) is 0 Å². The van der Waals surface area contributed by atoms with Gasteiger partial charge in [-0.25, -0.2) is 0 Å². The van der Waals surface area contributed by atoms with E-state index in [1.54, 1.807) is 14.1 Å². The molecule has 1 aromatic carbocycles. The van der Waals surface area contributed by atoms with Gasteiger partial charge in [-0.2, -0.15) is 13.2 Å². The lowest BCUT2D eigenvalue weighted by Crippen LogP contribution is -2.28. The van der Waals surface area contributed by atoms with Crippen molar-refractivity contribution in [3.63, 3.8) is 0 Å². The van der Waals surface area contributed by atoms with E-state index in [-0.39, 0.29) is 5.91 Å². The van der Waals surface area contributed by atoms with Gasteiger partial charge in [0.25, 0.3) is 11.5 Å². The maximum Gasteiger partial charge on any atom is 0.417 e. The van der Waals surface area contributed by atoms with Gasteiger partial charge in [-0.1, -0.05) is 0 Å². The lowest BCUT2D eigenvalue weighted by atomic mass is 10.2. The molecule has 2 aromatic rings. The molecular weight excluding hydrogens is 351 g/mol. The van der Waals surface area contributed by atoms with E-state index < -0.39 is 29.8 Å². The SMILES string of the molecule is CN(C)C(=O)c1ccc(NC(=O)Cn2cc(C(F)(F)F)ccc2=O)cc1. The molecule has 0 saturated carbocycles. The van der Waals surface area contributed by atoms with Crippen molar-refractivity contribution in [1.29, 1.82) is 0 Å². The van der Waals surface area contributed by atoms with E-state index in [4.69, 9.17) is 0 Å². The van der Waals surface area contributed by atoms with Crippen LogP contribution in [0.1, 0.15) is 15.9 Å². The second-order valence-electron chi connectivity index (χ2n) is 5.71. The van der Waals surface area contributed by atoms with Crippen molar-refractivity contribution in [2.45, 2.75) is 12.7 Å². The lowest BCUT2D eigenvalue weighted by Gasteiger charge is -2.12. The predicted octanol–water partition coefficient (Wildman–Crippen LogP) is 2.21. The molecule has 1 aromatic heterocycles. The minimum absolute atomic E-state index is 0.210. The van der Waals surface area contributed by atoms with Gasteiger partial charge < -0.3 is 14.8 Å². The van der Waals surface area contributed by atoms with Crippen molar-refractivity contribution in [3.05, 3.63) is 64.1 Å². The summed E-state index contributed by atoms with van der Waals surface area (Å²) in [6, 6.07) is 7.42. The molecule has 1 N–H and O–H groups in total. The Kier molecular flexibility index (Phi) is 5.49. The van der Waals surface area contributed by atoms with Crippen molar-refractivity contribution in [2.24, 2.45) is 0 Å². The first kappa shape index (κ1) is 19.2. The molecule has 0 atom stereocenters. The van der Waals surface area contributed by atoms with Crippen molar-refractivity contribution in [1.82, 2.24) is 9.47 Å². The number of halogens is 3. The first-order chi connectivity index (χ1) is 12.1. The van der Waals surface area contributed by atoms with Crippen molar-refractivity contribution in [2.75, 3.05) is 19.4 Å². The Bertz CT molecular complexity index is 871. The van der Waals surface area contributed by atoms with Crippen LogP contribution in [0.25, 0.3) is 0 Å². The molecule has 0 aliphatic heterocycles. The minimum Gasteiger partial charge on any atom is -0.345 e. The smallest absolute Gasteiger partial charge is 0.345 e. The van der Waals surface area contributed by atoms with E-state index in [1.165, 1.54) is 29.2 Å². The normalized spacial score (nSPS) is 11.1. The highest BCUT2D eigenvalue weighted by Gasteiger charge is 2.31. The fourth-order valence-corrected chi connectivity index (χ4v) is 2.13. The average molecular weight is 367 g/mol. The molecule has 0 aliphatic rings. The topological polar surface area (TPSA) is 71.4 Å². The van der Waals surface area contributed by atoms with Crippen molar-refractivity contribution >= 4 is 17.5 Å². The number of alkyl halides is 3. The van der Waals surface area contributed by atoms with Gasteiger partial charge in [0.05, 0.1) is 5.56 Å². The highest BCUT2D eigenvalue weighted by atomic mass is 19.4. The molecule has 0 radical (unpaired) electrons. The number of carbonyl (C=O) groups excluding carboxylic acids is 2. The van der Waals surface area contributed by atoms with Gasteiger partial charge in [0, 0.05) is 37.6 Å². The van der Waals surface area contributed by atoms with Crippen LogP contribution in [0.3, 0.4) is 0 Å². The van der Waals surface area contributed by atoms with Gasteiger partial charge in [0.1, 0.15) is 6.54 Å². The van der Waals surface area contributed by atoms with Gasteiger partial charge in [-0.3, -0.25) is 14.4 Å². The first-order valence-corrected chi connectivity index (χ1v) is 7.47. The van der Waals surface area contributed by atoms with Crippen LogP contribution >= 0.6 is 0 Å². The Balaban J connectivity index is 2.10. The molecule has 6 nitrogen and oxygen atoms in total. The first-order valence-electron chi connectivity index (χ1n) is 7.47. The van der Waals surface area contributed by atoms with Crippen LogP contribution < -0.4 is 10.9 Å². The summed E-state index contributed by atoms with van der Waals surface area (Å²) >= 11 is 0. The molecule has 0 bridgehead atoms. The third-order valence-corrected chi connectivity index (χ3v) is 3.45. The average Bonchev–Trinajstić information content (AvgIpc) is 2.55. The second-order valence-corrected chi connectivity index (χ2v) is 5.71. The molecule has 0 unspecified atom stereocenters. The summed E-state index contributed by atoms with van der Waals surface area (Å²) in [6.45, 7) is -0.568. The molecule has 26 heavy (non-hydrogen) atoms. The summed E-state index contributed by atoms with van der Waals surface area (Å²) in [6.07, 6.45) is -4.01. The number of rotatable bonds is 4. The number of nitrogens with zero attached hydrogens (tertiary/aromatic N) is 2. The Hall–Kier alpha value is -3.10. The third-order valence-electron chi connectivity index (χ3n) is 3.45. The van der Waals surface area contributed by atoms with E-state index in [0.29, 0.717) is 28.1 Å². The largest absolute Gasteiger partial charge is 0.417 e. The van der Waals surface area contributed by atoms with E-state index in [1.807, 2.05) is 0 Å². The molecule has 0 saturated heterocycles. The Morgan fingerprint density at radius 1 is 1.08 bits per heavy atom. The maximum atomic E-state index is 12.7. The molecule has 1 heterocycles. The number of carbonyl (C=O) groups is 2. The zero-order valence-corrected chi connectivity index (χ0v) is 14.0. The number of nitrogens with one attached hydrogen (secondary N) is 1. The fourth-order valence-electron chi connectivity index (χ4n) is 2.13. The van der Waals surface area contributed by atoms with Crippen LogP contribution in [0.4, 0.5) is 18.9 Å². The van der Waals surface area contributed by atoms with Gasteiger partial charge in [-0.05, 0) is 30.3 Å². The standard InChI is InChI=1S/C17H16F3N3O3/c1-22(2)16(26)11-3-6-13(7-4-11)21-14(24)10-23-9-12(17(18,19)20)5-8-15(23)25/h3-9H,10H2,1-2H3,(H,21,24). The highest BCUT2D eigenvalue weighted by Crippen LogP contribution is 2.28. The monoisotopic (exact) mass is 367 g/mol. The second kappa shape index (κ2) is 7.42. The third kappa shape index (κ3) is 4.71. The van der Waals surface area contributed by atoms with Crippen LogP contribution in [0.5, 0.6) is 0 Å².